The van der Waals surface area contributed by atoms with E-state index in [9.17, 15) is 4.39 Å². The third kappa shape index (κ3) is 3.52. The van der Waals surface area contributed by atoms with E-state index in [1.165, 1.54) is 6.07 Å². The molecule has 102 valence electrons. The molecule has 0 saturated heterocycles. The van der Waals surface area contributed by atoms with Crippen LogP contribution in [0.25, 0.3) is 0 Å². The zero-order chi connectivity index (χ0) is 13.8. The highest BCUT2D eigenvalue weighted by atomic mass is 35.5. The molecule has 4 nitrogen and oxygen atoms in total. The lowest BCUT2D eigenvalue weighted by Crippen LogP contribution is -2.22. The fourth-order valence-corrected chi connectivity index (χ4v) is 2.02. The zero-order valence-corrected chi connectivity index (χ0v) is 11.7. The van der Waals surface area contributed by atoms with Crippen molar-refractivity contribution in [1.82, 2.24) is 20.1 Å². The fourth-order valence-electron chi connectivity index (χ4n) is 1.83. The molecule has 19 heavy (non-hydrogen) atoms. The van der Waals surface area contributed by atoms with E-state index >= 15 is 0 Å². The Balaban J connectivity index is 1.89. The lowest BCUT2D eigenvalue weighted by molar-refractivity contribution is 0.562. The second-order valence-electron chi connectivity index (χ2n) is 4.46. The van der Waals surface area contributed by atoms with E-state index in [0.29, 0.717) is 0 Å². The first-order valence-corrected chi connectivity index (χ1v) is 6.47. The molecule has 1 aromatic heterocycles. The van der Waals surface area contributed by atoms with Crippen molar-refractivity contribution < 1.29 is 4.39 Å². The van der Waals surface area contributed by atoms with Gasteiger partial charge in [-0.25, -0.2) is 4.39 Å². The molecule has 2 aromatic rings. The van der Waals surface area contributed by atoms with E-state index in [-0.39, 0.29) is 11.1 Å². The third-order valence-corrected chi connectivity index (χ3v) is 3.34. The Kier molecular flexibility index (Phi) is 4.50. The Morgan fingerprint density at radius 1 is 1.47 bits per heavy atom. The SMILES string of the molecule is CC(NCCc1nncn1C)c1ccc(F)c(Cl)c1. The molecule has 6 heteroatoms. The third-order valence-electron chi connectivity index (χ3n) is 3.05. The van der Waals surface area contributed by atoms with E-state index in [1.807, 2.05) is 18.5 Å². The topological polar surface area (TPSA) is 42.7 Å². The average molecular weight is 283 g/mol. The fraction of sp³-hybridized carbons (Fsp3) is 0.385. The molecule has 1 heterocycles. The summed E-state index contributed by atoms with van der Waals surface area (Å²) in [7, 11) is 1.92. The summed E-state index contributed by atoms with van der Waals surface area (Å²) in [6.07, 6.45) is 2.47. The molecule has 0 radical (unpaired) electrons. The summed E-state index contributed by atoms with van der Waals surface area (Å²) < 4.78 is 15.0. The number of halogens is 2. The van der Waals surface area contributed by atoms with Crippen LogP contribution in [-0.2, 0) is 13.5 Å². The number of benzene rings is 1. The van der Waals surface area contributed by atoms with Crippen LogP contribution in [0.5, 0.6) is 0 Å². The lowest BCUT2D eigenvalue weighted by Gasteiger charge is -2.14. The van der Waals surface area contributed by atoms with Crippen molar-refractivity contribution in [3.63, 3.8) is 0 Å². The Bertz CT molecular complexity index is 555. The molecule has 0 spiro atoms. The van der Waals surface area contributed by atoms with E-state index < -0.39 is 5.82 Å². The van der Waals surface area contributed by atoms with Crippen LogP contribution in [0.15, 0.2) is 24.5 Å². The van der Waals surface area contributed by atoms with Crippen LogP contribution in [0.4, 0.5) is 4.39 Å². The van der Waals surface area contributed by atoms with Crippen LogP contribution in [-0.4, -0.2) is 21.3 Å². The quantitative estimate of drug-likeness (QED) is 0.916. The summed E-state index contributed by atoms with van der Waals surface area (Å²) in [6.45, 7) is 2.78. The molecule has 0 fully saturated rings. The summed E-state index contributed by atoms with van der Waals surface area (Å²) >= 11 is 5.77. The van der Waals surface area contributed by atoms with Gasteiger partial charge in [0.2, 0.25) is 0 Å². The van der Waals surface area contributed by atoms with E-state index in [2.05, 4.69) is 15.5 Å². The van der Waals surface area contributed by atoms with Crippen LogP contribution in [0, 0.1) is 5.82 Å². The lowest BCUT2D eigenvalue weighted by atomic mass is 10.1. The number of aryl methyl sites for hydroxylation is 1. The highest BCUT2D eigenvalue weighted by Gasteiger charge is 2.08. The Labute approximate surface area is 116 Å². The molecule has 1 aromatic carbocycles. The molecule has 0 saturated carbocycles. The Morgan fingerprint density at radius 2 is 2.26 bits per heavy atom. The molecule has 0 aliphatic heterocycles. The largest absolute Gasteiger partial charge is 0.321 e. The van der Waals surface area contributed by atoms with Gasteiger partial charge in [0.05, 0.1) is 5.02 Å². The van der Waals surface area contributed by atoms with E-state index in [0.717, 1.165) is 24.4 Å². The first-order chi connectivity index (χ1) is 9.08. The van der Waals surface area contributed by atoms with Gasteiger partial charge in [0.15, 0.2) is 0 Å². The first-order valence-electron chi connectivity index (χ1n) is 6.09. The minimum Gasteiger partial charge on any atom is -0.321 e. The van der Waals surface area contributed by atoms with Crippen molar-refractivity contribution >= 4 is 11.6 Å². The van der Waals surface area contributed by atoms with Crippen molar-refractivity contribution in [1.29, 1.82) is 0 Å². The second-order valence-corrected chi connectivity index (χ2v) is 4.86. The number of nitrogens with one attached hydrogen (secondary N) is 1. The first kappa shape index (κ1) is 14.0. The Morgan fingerprint density at radius 3 is 2.89 bits per heavy atom. The van der Waals surface area contributed by atoms with Gasteiger partial charge in [-0.2, -0.15) is 0 Å². The smallest absolute Gasteiger partial charge is 0.141 e. The molecule has 1 unspecified atom stereocenters. The standard InChI is InChI=1S/C13H16ClFN4/c1-9(10-3-4-12(15)11(14)7-10)16-6-5-13-18-17-8-19(13)2/h3-4,7-9,16H,5-6H2,1-2H3. The predicted octanol–water partition coefficient (Wildman–Crippen LogP) is 2.50. The van der Waals surface area contributed by atoms with Crippen LogP contribution in [0.3, 0.4) is 0 Å². The molecular weight excluding hydrogens is 267 g/mol. The highest BCUT2D eigenvalue weighted by Crippen LogP contribution is 2.20. The van der Waals surface area contributed by atoms with Crippen LogP contribution in [0.2, 0.25) is 5.02 Å². The highest BCUT2D eigenvalue weighted by molar-refractivity contribution is 6.30. The number of rotatable bonds is 5. The molecular formula is C13H16ClFN4. The van der Waals surface area contributed by atoms with Gasteiger partial charge in [-0.05, 0) is 24.6 Å². The van der Waals surface area contributed by atoms with Gasteiger partial charge in [-0.3, -0.25) is 0 Å². The molecule has 0 amide bonds. The number of aromatic nitrogens is 3. The molecule has 2 rings (SSSR count). The summed E-state index contributed by atoms with van der Waals surface area (Å²) in [5, 5.41) is 11.3. The van der Waals surface area contributed by atoms with Gasteiger partial charge in [-0.1, -0.05) is 17.7 Å². The summed E-state index contributed by atoms with van der Waals surface area (Å²) in [5.74, 6) is 0.536. The van der Waals surface area contributed by atoms with Crippen LogP contribution >= 0.6 is 11.6 Å². The molecule has 1 atom stereocenters. The van der Waals surface area contributed by atoms with Gasteiger partial charge in [-0.15, -0.1) is 10.2 Å². The van der Waals surface area contributed by atoms with Crippen molar-refractivity contribution in [2.45, 2.75) is 19.4 Å². The van der Waals surface area contributed by atoms with Gasteiger partial charge >= 0.3 is 0 Å². The molecule has 0 aliphatic rings. The van der Waals surface area contributed by atoms with E-state index in [4.69, 9.17) is 11.6 Å². The number of hydrogen-bond donors (Lipinski definition) is 1. The normalized spacial score (nSPS) is 12.6. The van der Waals surface area contributed by atoms with Crippen molar-refractivity contribution in [3.05, 3.63) is 46.8 Å². The van der Waals surface area contributed by atoms with Gasteiger partial charge in [0.1, 0.15) is 18.0 Å². The number of nitrogens with zero attached hydrogens (tertiary/aromatic N) is 3. The minimum atomic E-state index is -0.392. The predicted molar refractivity (Wildman–Crippen MR) is 72.5 cm³/mol. The molecule has 0 aliphatic carbocycles. The second kappa shape index (κ2) is 6.12. The van der Waals surface area contributed by atoms with E-state index in [1.54, 1.807) is 18.5 Å². The maximum Gasteiger partial charge on any atom is 0.141 e. The maximum atomic E-state index is 13.1. The Hall–Kier alpha value is -1.46. The van der Waals surface area contributed by atoms with Crippen molar-refractivity contribution in [3.8, 4) is 0 Å². The summed E-state index contributed by atoms with van der Waals surface area (Å²) in [6, 6.07) is 4.88. The van der Waals surface area contributed by atoms with Crippen molar-refractivity contribution in [2.24, 2.45) is 7.05 Å². The maximum absolute atomic E-state index is 13.1. The van der Waals surface area contributed by atoms with Crippen molar-refractivity contribution in [2.75, 3.05) is 6.54 Å². The van der Waals surface area contributed by atoms with Crippen LogP contribution in [0.1, 0.15) is 24.4 Å². The minimum absolute atomic E-state index is 0.103. The number of hydrogen-bond acceptors (Lipinski definition) is 3. The summed E-state index contributed by atoms with van der Waals surface area (Å²) in [5.41, 5.74) is 0.962. The average Bonchev–Trinajstić information content (AvgIpc) is 2.78. The molecule has 0 bridgehead atoms. The van der Waals surface area contributed by atoms with Gasteiger partial charge < -0.3 is 9.88 Å². The molecule has 1 N–H and O–H groups in total. The zero-order valence-electron chi connectivity index (χ0n) is 10.9. The van der Waals surface area contributed by atoms with Gasteiger partial charge in [0.25, 0.3) is 0 Å². The summed E-state index contributed by atoms with van der Waals surface area (Å²) in [4.78, 5) is 0. The monoisotopic (exact) mass is 282 g/mol. The van der Waals surface area contributed by atoms with Gasteiger partial charge in [0, 0.05) is 26.1 Å². The van der Waals surface area contributed by atoms with Crippen LogP contribution < -0.4 is 5.32 Å².